The van der Waals surface area contributed by atoms with Gasteiger partial charge in [0.05, 0.1) is 21.1 Å². The molecule has 2 N–H and O–H groups in total. The van der Waals surface area contributed by atoms with Crippen LogP contribution >= 0.6 is 50.7 Å². The maximum Gasteiger partial charge on any atom is 0.303 e. The van der Waals surface area contributed by atoms with Crippen LogP contribution in [0.1, 0.15) is 59.5 Å². The van der Waals surface area contributed by atoms with Crippen molar-refractivity contribution >= 4 is 79.3 Å². The van der Waals surface area contributed by atoms with E-state index in [1.165, 1.54) is 6.42 Å². The molecule has 1 fully saturated rings. The number of carbonyl (C=O) groups excluding carboxylic acids is 1. The van der Waals surface area contributed by atoms with E-state index >= 15 is 0 Å². The average Bonchev–Trinajstić information content (AvgIpc) is 2.87. The third-order valence-corrected chi connectivity index (χ3v) is 8.39. The fourth-order valence-electron chi connectivity index (χ4n) is 4.89. The number of rotatable bonds is 8. The Kier molecular flexibility index (Phi) is 9.22. The maximum absolute atomic E-state index is 13.8. The number of hydrogen-bond donors (Lipinski definition) is 2. The summed E-state index contributed by atoms with van der Waals surface area (Å²) in [6.07, 6.45) is 3.50. The Morgan fingerprint density at radius 3 is 2.51 bits per heavy atom. The molecule has 0 spiro atoms. The van der Waals surface area contributed by atoms with Crippen molar-refractivity contribution in [3.05, 3.63) is 66.6 Å². The lowest BCUT2D eigenvalue weighted by Gasteiger charge is -2.30. The van der Waals surface area contributed by atoms with Crippen molar-refractivity contribution in [2.75, 3.05) is 24.5 Å². The average molecular weight is 628 g/mol. The highest BCUT2D eigenvalue weighted by Gasteiger charge is 2.25. The topological polar surface area (TPSA) is 82.5 Å². The van der Waals surface area contributed by atoms with Crippen molar-refractivity contribution in [2.24, 2.45) is 0 Å². The Labute approximate surface area is 239 Å². The number of benzene rings is 2. The SMILES string of the molecule is Cc1c(N2CCCCC2)nc2ccc(Br)cc2c1C(=O)NC[C@@H](CCC(=O)O)c1c(Cl)ccc(Cl)c1Cl. The Morgan fingerprint density at radius 2 is 1.81 bits per heavy atom. The molecular formula is C27H27BrCl3N3O3. The zero-order chi connectivity index (χ0) is 26.7. The zero-order valence-electron chi connectivity index (χ0n) is 20.3. The molecule has 1 atom stereocenters. The summed E-state index contributed by atoms with van der Waals surface area (Å²) in [5.74, 6) is -0.836. The lowest BCUT2D eigenvalue weighted by molar-refractivity contribution is -0.137. The summed E-state index contributed by atoms with van der Waals surface area (Å²) in [5, 5.41) is 14.0. The highest BCUT2D eigenvalue weighted by molar-refractivity contribution is 9.10. The van der Waals surface area contributed by atoms with E-state index in [0.29, 0.717) is 21.2 Å². The first-order chi connectivity index (χ1) is 17.7. The van der Waals surface area contributed by atoms with Gasteiger partial charge in [-0.1, -0.05) is 50.7 Å². The number of nitrogens with zero attached hydrogens (tertiary/aromatic N) is 2. The number of carboxylic acids is 1. The summed E-state index contributed by atoms with van der Waals surface area (Å²) in [4.78, 5) is 32.3. The van der Waals surface area contributed by atoms with Crippen LogP contribution in [0.3, 0.4) is 0 Å². The predicted octanol–water partition coefficient (Wildman–Crippen LogP) is 7.63. The summed E-state index contributed by atoms with van der Waals surface area (Å²) in [7, 11) is 0. The number of fused-ring (bicyclic) bond motifs is 1. The van der Waals surface area contributed by atoms with Crippen molar-refractivity contribution < 1.29 is 14.7 Å². The Morgan fingerprint density at radius 1 is 1.11 bits per heavy atom. The number of piperidine rings is 1. The summed E-state index contributed by atoms with van der Waals surface area (Å²) in [5.41, 5.74) is 2.63. The number of hydrogen-bond acceptors (Lipinski definition) is 4. The van der Waals surface area contributed by atoms with Crippen LogP contribution in [0.4, 0.5) is 5.82 Å². The Balaban J connectivity index is 1.70. The molecule has 0 bridgehead atoms. The molecule has 0 aliphatic carbocycles. The molecule has 0 saturated carbocycles. The molecule has 3 aromatic rings. The van der Waals surface area contributed by atoms with E-state index in [4.69, 9.17) is 39.8 Å². The normalized spacial score (nSPS) is 14.6. The molecule has 37 heavy (non-hydrogen) atoms. The minimum Gasteiger partial charge on any atom is -0.481 e. The molecule has 6 nitrogen and oxygen atoms in total. The maximum atomic E-state index is 13.8. The van der Waals surface area contributed by atoms with E-state index in [9.17, 15) is 14.7 Å². The van der Waals surface area contributed by atoms with Gasteiger partial charge in [0.2, 0.25) is 0 Å². The van der Waals surface area contributed by atoms with E-state index in [-0.39, 0.29) is 30.3 Å². The van der Waals surface area contributed by atoms with E-state index < -0.39 is 11.9 Å². The smallest absolute Gasteiger partial charge is 0.303 e. The van der Waals surface area contributed by atoms with Gasteiger partial charge in [-0.25, -0.2) is 4.98 Å². The molecule has 4 rings (SSSR count). The van der Waals surface area contributed by atoms with E-state index in [2.05, 4.69) is 26.1 Å². The third kappa shape index (κ3) is 6.33. The van der Waals surface area contributed by atoms with Crippen LogP contribution in [0.5, 0.6) is 0 Å². The van der Waals surface area contributed by atoms with Gasteiger partial charge in [-0.05, 0) is 68.5 Å². The van der Waals surface area contributed by atoms with E-state index in [1.807, 2.05) is 25.1 Å². The third-order valence-electron chi connectivity index (χ3n) is 6.75. The highest BCUT2D eigenvalue weighted by atomic mass is 79.9. The number of aromatic nitrogens is 1. The lowest BCUT2D eigenvalue weighted by Crippen LogP contribution is -2.33. The fourth-order valence-corrected chi connectivity index (χ4v) is 6.10. The Bertz CT molecular complexity index is 1350. The van der Waals surface area contributed by atoms with E-state index in [0.717, 1.165) is 52.7 Å². The minimum atomic E-state index is -0.947. The van der Waals surface area contributed by atoms with Crippen molar-refractivity contribution in [3.63, 3.8) is 0 Å². The predicted molar refractivity (Wildman–Crippen MR) is 154 cm³/mol. The van der Waals surface area contributed by atoms with Crippen molar-refractivity contribution in [2.45, 2.75) is 44.9 Å². The first kappa shape index (κ1) is 28.0. The summed E-state index contributed by atoms with van der Waals surface area (Å²) < 4.78 is 0.845. The first-order valence-electron chi connectivity index (χ1n) is 12.2. The molecule has 1 aliphatic rings. The van der Waals surface area contributed by atoms with Gasteiger partial charge in [0, 0.05) is 52.4 Å². The molecule has 0 unspecified atom stereocenters. The number of amides is 1. The number of nitrogens with one attached hydrogen (secondary N) is 1. The zero-order valence-corrected chi connectivity index (χ0v) is 24.1. The molecule has 2 aromatic carbocycles. The van der Waals surface area contributed by atoms with Gasteiger partial charge in [0.15, 0.2) is 0 Å². The van der Waals surface area contributed by atoms with Gasteiger partial charge in [-0.3, -0.25) is 9.59 Å². The van der Waals surface area contributed by atoms with Gasteiger partial charge < -0.3 is 15.3 Å². The number of anilines is 1. The molecule has 196 valence electrons. The van der Waals surface area contributed by atoms with Crippen LogP contribution in [0.2, 0.25) is 15.1 Å². The summed E-state index contributed by atoms with van der Waals surface area (Å²) in [6, 6.07) is 8.94. The molecule has 1 aliphatic heterocycles. The van der Waals surface area contributed by atoms with Gasteiger partial charge in [-0.2, -0.15) is 0 Å². The fraction of sp³-hybridized carbons (Fsp3) is 0.370. The standard InChI is InChI=1S/C27H27BrCl3N3O3/c1-15-23(18-13-17(28)6-9-21(18)33-26(15)34-11-3-2-4-12-34)27(37)32-14-16(5-10-22(35)36)24-19(29)7-8-20(30)25(24)31/h6-9,13,16H,2-5,10-12,14H2,1H3,(H,32,37)(H,35,36)/t16-/m1/s1. The van der Waals surface area contributed by atoms with Crippen LogP contribution in [-0.2, 0) is 4.79 Å². The van der Waals surface area contributed by atoms with Crippen molar-refractivity contribution in [1.82, 2.24) is 10.3 Å². The second kappa shape index (κ2) is 12.2. The second-order valence-electron chi connectivity index (χ2n) is 9.24. The second-order valence-corrected chi connectivity index (χ2v) is 11.3. The van der Waals surface area contributed by atoms with E-state index in [1.54, 1.807) is 12.1 Å². The number of aliphatic carboxylic acids is 1. The number of carboxylic acid groups (broad SMARTS) is 1. The van der Waals surface area contributed by atoms with Gasteiger partial charge in [0.25, 0.3) is 5.91 Å². The molecule has 10 heteroatoms. The summed E-state index contributed by atoms with van der Waals surface area (Å²) in [6.45, 7) is 3.88. The van der Waals surface area contributed by atoms with Crippen LogP contribution in [-0.4, -0.2) is 41.6 Å². The number of halogens is 4. The molecular weight excluding hydrogens is 601 g/mol. The number of pyridine rings is 1. The summed E-state index contributed by atoms with van der Waals surface area (Å²) >= 11 is 22.7. The number of carbonyl (C=O) groups is 2. The first-order valence-corrected chi connectivity index (χ1v) is 14.1. The van der Waals surface area contributed by atoms with Crippen molar-refractivity contribution in [1.29, 1.82) is 0 Å². The van der Waals surface area contributed by atoms with Crippen LogP contribution in [0.25, 0.3) is 10.9 Å². The van der Waals surface area contributed by atoms with Crippen LogP contribution in [0.15, 0.2) is 34.8 Å². The molecule has 2 heterocycles. The van der Waals surface area contributed by atoms with Gasteiger partial charge in [-0.15, -0.1) is 0 Å². The minimum absolute atomic E-state index is 0.108. The monoisotopic (exact) mass is 625 g/mol. The molecule has 1 amide bonds. The van der Waals surface area contributed by atoms with Crippen LogP contribution in [0, 0.1) is 6.92 Å². The highest BCUT2D eigenvalue weighted by Crippen LogP contribution is 2.38. The van der Waals surface area contributed by atoms with Crippen molar-refractivity contribution in [3.8, 4) is 0 Å². The Hall–Kier alpha value is -2.06. The largest absolute Gasteiger partial charge is 0.481 e. The van der Waals surface area contributed by atoms with Gasteiger partial charge in [0.1, 0.15) is 5.82 Å². The van der Waals surface area contributed by atoms with Gasteiger partial charge >= 0.3 is 5.97 Å². The molecule has 0 radical (unpaired) electrons. The molecule has 1 aromatic heterocycles. The molecule has 1 saturated heterocycles. The van der Waals surface area contributed by atoms with Crippen LogP contribution < -0.4 is 10.2 Å². The quantitative estimate of drug-likeness (QED) is 0.251. The lowest BCUT2D eigenvalue weighted by atomic mass is 9.93.